The van der Waals surface area contributed by atoms with E-state index in [-0.39, 0.29) is 12.0 Å². The summed E-state index contributed by atoms with van der Waals surface area (Å²) in [7, 11) is 0. The molecule has 2 amide bonds. The van der Waals surface area contributed by atoms with Crippen LogP contribution in [-0.4, -0.2) is 28.6 Å². The lowest BCUT2D eigenvalue weighted by Gasteiger charge is -2.21. The van der Waals surface area contributed by atoms with E-state index in [4.69, 9.17) is 24.2 Å². The number of esters is 1. The maximum atomic E-state index is 14.3. The Labute approximate surface area is 385 Å². The van der Waals surface area contributed by atoms with Crippen molar-refractivity contribution in [1.82, 2.24) is 20.6 Å². The van der Waals surface area contributed by atoms with Gasteiger partial charge in [-0.3, -0.25) is 0 Å². The third kappa shape index (κ3) is 15.1. The number of aromatic nitrogens is 2. The number of thiazole rings is 2. The minimum atomic E-state index is -0.469. The van der Waals surface area contributed by atoms with E-state index in [0.717, 1.165) is 66.3 Å². The Morgan fingerprint density at radius 2 is 1.03 bits per heavy atom. The molecule has 2 N–H and O–H groups in total. The van der Waals surface area contributed by atoms with Gasteiger partial charge in [-0.1, -0.05) is 96.6 Å². The second-order valence-corrected chi connectivity index (χ2v) is 17.5. The van der Waals surface area contributed by atoms with Crippen LogP contribution in [0.5, 0.6) is 11.5 Å². The first-order valence-electron chi connectivity index (χ1n) is 21.4. The number of hydrogen-bond acceptors (Lipinski definition) is 9. The number of nitrogens with one attached hydrogen (secondary N) is 2. The molecular formula is C53H56N4O5S2. The van der Waals surface area contributed by atoms with Gasteiger partial charge in [0.15, 0.2) is 0 Å². The molecule has 330 valence electrons. The first-order valence-corrected chi connectivity index (χ1v) is 23.1. The Morgan fingerprint density at radius 1 is 0.594 bits per heavy atom. The molecule has 0 spiro atoms. The fourth-order valence-electron chi connectivity index (χ4n) is 6.86. The Bertz CT molecular complexity index is 2550. The van der Waals surface area contributed by atoms with E-state index >= 15 is 0 Å². The van der Waals surface area contributed by atoms with E-state index in [1.54, 1.807) is 19.9 Å². The summed E-state index contributed by atoms with van der Waals surface area (Å²) in [6.45, 7) is 12.9. The summed E-state index contributed by atoms with van der Waals surface area (Å²) in [5.41, 5.74) is 9.44. The van der Waals surface area contributed by atoms with Gasteiger partial charge in [0.25, 0.3) is 0 Å². The minimum absolute atomic E-state index is 0.311. The Kier molecular flexibility index (Phi) is 17.4. The number of benzene rings is 4. The van der Waals surface area contributed by atoms with E-state index in [1.807, 2.05) is 133 Å². The summed E-state index contributed by atoms with van der Waals surface area (Å²) >= 11 is 2.99. The van der Waals surface area contributed by atoms with Gasteiger partial charge in [-0.2, -0.15) is 0 Å². The molecule has 0 aliphatic rings. The zero-order valence-corrected chi connectivity index (χ0v) is 38.9. The fourth-order valence-corrected chi connectivity index (χ4v) is 8.51. The molecule has 0 aliphatic carbocycles. The largest absolute Gasteiger partial charge is 0.489 e. The highest BCUT2D eigenvalue weighted by molar-refractivity contribution is 7.10. The summed E-state index contributed by atoms with van der Waals surface area (Å²) in [6, 6.07) is 34.8. The molecule has 0 bridgehead atoms. The van der Waals surface area contributed by atoms with Gasteiger partial charge < -0.3 is 24.8 Å². The molecule has 6 aromatic rings. The first-order chi connectivity index (χ1) is 31.0. The molecule has 2 atom stereocenters. The third-order valence-corrected chi connectivity index (χ3v) is 11.8. The maximum absolute atomic E-state index is 14.3. The zero-order chi connectivity index (χ0) is 45.3. The molecule has 11 heteroatoms. The lowest BCUT2D eigenvalue weighted by molar-refractivity contribution is -0.138. The number of carbonyl (C=O) groups excluding carboxylic acids is 2. The average molecular weight is 893 g/mol. The second-order valence-electron chi connectivity index (χ2n) is 15.7. The Hall–Kier alpha value is -6.56. The second kappa shape index (κ2) is 23.8. The lowest BCUT2D eigenvalue weighted by Crippen LogP contribution is -2.41. The molecule has 4 aromatic carbocycles. The third-order valence-electron chi connectivity index (χ3n) is 9.82. The highest BCUT2D eigenvalue weighted by atomic mass is 32.1. The van der Waals surface area contributed by atoms with E-state index in [0.29, 0.717) is 38.2 Å². The van der Waals surface area contributed by atoms with E-state index in [9.17, 15) is 9.59 Å². The van der Waals surface area contributed by atoms with E-state index in [1.165, 1.54) is 28.2 Å². The quantitative estimate of drug-likeness (QED) is 0.0446. The monoisotopic (exact) mass is 892 g/mol. The number of allylic oxidation sites excluding steroid dienone is 5. The summed E-state index contributed by atoms with van der Waals surface area (Å²) in [6.07, 6.45) is 8.87. The molecule has 0 saturated heterocycles. The number of rotatable bonds is 20. The van der Waals surface area contributed by atoms with Crippen molar-refractivity contribution < 1.29 is 23.8 Å². The zero-order valence-electron chi connectivity index (χ0n) is 37.3. The molecule has 9 nitrogen and oxygen atoms in total. The SMILES string of the molecule is CCOC(=O)/C(C)=C\C(C)=C\c1csc([C@H](Cc2ccc(OCc3ccccc3)cc2)NC(=O)N[C@@H](Cc2ccc(OCc3ccccc3)cc2)c2nc(/C=C(\C)C=C(C)C)cs2)n1. The van der Waals surface area contributed by atoms with Crippen molar-refractivity contribution in [3.05, 3.63) is 198 Å². The number of ether oxygens (including phenoxy) is 3. The van der Waals surface area contributed by atoms with Crippen LogP contribution < -0.4 is 20.1 Å². The van der Waals surface area contributed by atoms with Gasteiger partial charge in [-0.05, 0) is 130 Å². The van der Waals surface area contributed by atoms with E-state index in [2.05, 4.69) is 43.6 Å². The Morgan fingerprint density at radius 3 is 1.45 bits per heavy atom. The van der Waals surface area contributed by atoms with Crippen molar-refractivity contribution >= 4 is 46.8 Å². The van der Waals surface area contributed by atoms with Crippen LogP contribution in [0, 0.1) is 0 Å². The van der Waals surface area contributed by atoms with Crippen molar-refractivity contribution in [2.75, 3.05) is 6.61 Å². The molecule has 6 rings (SSSR count). The molecule has 0 aliphatic heterocycles. The maximum Gasteiger partial charge on any atom is 0.333 e. The molecular weight excluding hydrogens is 837 g/mol. The number of carbonyl (C=O) groups is 2. The minimum Gasteiger partial charge on any atom is -0.489 e. The molecule has 2 heterocycles. The van der Waals surface area contributed by atoms with Crippen molar-refractivity contribution in [2.45, 2.75) is 79.7 Å². The highest BCUT2D eigenvalue weighted by Crippen LogP contribution is 2.28. The molecule has 0 saturated carbocycles. The van der Waals surface area contributed by atoms with Gasteiger partial charge in [-0.15, -0.1) is 22.7 Å². The van der Waals surface area contributed by atoms with Crippen LogP contribution in [0.4, 0.5) is 4.79 Å². The summed E-state index contributed by atoms with van der Waals surface area (Å²) in [4.78, 5) is 36.5. The summed E-state index contributed by atoms with van der Waals surface area (Å²) in [5.74, 6) is 1.17. The Balaban J connectivity index is 1.23. The normalized spacial score (nSPS) is 12.8. The first kappa shape index (κ1) is 46.9. The predicted molar refractivity (Wildman–Crippen MR) is 260 cm³/mol. The molecule has 0 fully saturated rings. The molecule has 64 heavy (non-hydrogen) atoms. The molecule has 2 aromatic heterocycles. The van der Waals surface area contributed by atoms with Crippen LogP contribution >= 0.6 is 22.7 Å². The van der Waals surface area contributed by atoms with Gasteiger partial charge in [0.1, 0.15) is 34.7 Å². The number of urea groups is 1. The van der Waals surface area contributed by atoms with Gasteiger partial charge >= 0.3 is 12.0 Å². The van der Waals surface area contributed by atoms with Crippen molar-refractivity contribution in [3.63, 3.8) is 0 Å². The fraction of sp³-hybridized carbons (Fsp3) is 0.245. The van der Waals surface area contributed by atoms with Crippen LogP contribution in [-0.2, 0) is 35.6 Å². The van der Waals surface area contributed by atoms with Crippen molar-refractivity contribution in [2.24, 2.45) is 0 Å². The topological polar surface area (TPSA) is 112 Å². The van der Waals surface area contributed by atoms with E-state index < -0.39 is 12.1 Å². The van der Waals surface area contributed by atoms with Crippen LogP contribution in [0.3, 0.4) is 0 Å². The van der Waals surface area contributed by atoms with Crippen LogP contribution in [0.2, 0.25) is 0 Å². The summed E-state index contributed by atoms with van der Waals surface area (Å²) in [5, 5.41) is 12.1. The number of nitrogens with zero attached hydrogens (tertiary/aromatic N) is 2. The lowest BCUT2D eigenvalue weighted by atomic mass is 10.1. The van der Waals surface area contributed by atoms with Crippen LogP contribution in [0.1, 0.15) is 97.3 Å². The highest BCUT2D eigenvalue weighted by Gasteiger charge is 2.24. The molecule has 0 radical (unpaired) electrons. The summed E-state index contributed by atoms with van der Waals surface area (Å²) < 4.78 is 17.3. The average Bonchev–Trinajstić information content (AvgIpc) is 3.96. The predicted octanol–water partition coefficient (Wildman–Crippen LogP) is 12.6. The van der Waals surface area contributed by atoms with Crippen molar-refractivity contribution in [1.29, 1.82) is 0 Å². The number of amides is 2. The number of hydrogen-bond donors (Lipinski definition) is 2. The smallest absolute Gasteiger partial charge is 0.333 e. The van der Waals surface area contributed by atoms with Gasteiger partial charge in [0.2, 0.25) is 0 Å². The van der Waals surface area contributed by atoms with Crippen LogP contribution in [0.15, 0.2) is 154 Å². The standard InChI is InChI=1S/C53H56N4O5S2/c1-7-60-52(58)39(6)27-38(5)29-45-35-64-51(55-45)49(31-41-20-24-47(25-21-41)62-33-43-16-12-9-13-17-43)57-53(59)56-48(50-54-44(34-63-50)28-37(4)26-36(2)3)30-40-18-22-46(23-19-40)61-32-42-14-10-8-11-15-42/h8-29,34-35,48-49H,7,30-33H2,1-6H3,(H2,56,57,59)/b37-28+,38-29+,39-27-/t48-,49-/m0/s1. The molecule has 0 unspecified atom stereocenters. The van der Waals surface area contributed by atoms with Gasteiger partial charge in [0.05, 0.1) is 30.1 Å². The van der Waals surface area contributed by atoms with Crippen LogP contribution in [0.25, 0.3) is 12.2 Å². The van der Waals surface area contributed by atoms with Gasteiger partial charge in [0, 0.05) is 16.3 Å². The van der Waals surface area contributed by atoms with Gasteiger partial charge in [-0.25, -0.2) is 19.6 Å². The van der Waals surface area contributed by atoms with Crippen molar-refractivity contribution in [3.8, 4) is 11.5 Å².